The van der Waals surface area contributed by atoms with E-state index >= 15 is 0 Å². The molecule has 2 heterocycles. The first-order valence-electron chi connectivity index (χ1n) is 7.06. The van der Waals surface area contributed by atoms with Gasteiger partial charge in [-0.15, -0.1) is 0 Å². The number of methoxy groups -OCH3 is 1. The first kappa shape index (κ1) is 14.8. The lowest BCUT2D eigenvalue weighted by molar-refractivity contribution is 0.413. The summed E-state index contributed by atoms with van der Waals surface area (Å²) in [6.07, 6.45) is 5.04. The zero-order valence-corrected chi connectivity index (χ0v) is 12.9. The van der Waals surface area contributed by atoms with Gasteiger partial charge in [0, 0.05) is 29.1 Å². The smallest absolute Gasteiger partial charge is 0.137 e. The lowest BCUT2D eigenvalue weighted by Crippen LogP contribution is -1.91. The minimum Gasteiger partial charge on any atom is -0.495 e. The number of nitrogen functional groups attached to an aromatic ring is 1. The van der Waals surface area contributed by atoms with Crippen LogP contribution in [-0.4, -0.2) is 22.1 Å². The van der Waals surface area contributed by atoms with Crippen molar-refractivity contribution in [2.45, 2.75) is 6.92 Å². The number of benzene rings is 1. The quantitative estimate of drug-likeness (QED) is 0.741. The molecule has 0 saturated carbocycles. The molecular formula is C17H16N5O-. The average molecular weight is 306 g/mol. The second-order valence-corrected chi connectivity index (χ2v) is 5.01. The summed E-state index contributed by atoms with van der Waals surface area (Å²) in [6.45, 7) is 1.97. The van der Waals surface area contributed by atoms with Crippen molar-refractivity contribution in [1.82, 2.24) is 15.0 Å². The Kier molecular flexibility index (Phi) is 4.05. The van der Waals surface area contributed by atoms with Gasteiger partial charge in [0.2, 0.25) is 0 Å². The minimum absolute atomic E-state index is 0.374. The summed E-state index contributed by atoms with van der Waals surface area (Å²) in [5, 5.41) is 4.48. The molecule has 0 aliphatic rings. The van der Waals surface area contributed by atoms with Gasteiger partial charge in [0.1, 0.15) is 5.75 Å². The monoisotopic (exact) mass is 306 g/mol. The standard InChI is InChI=1S/C17H16N5O/c1-11-3-4-13(18)8-16(11)22-17-20-6-5-15(21-17)12-7-14(23-2)10-19-9-12/h3-10H,18H2,1-2H3/q-1. The predicted molar refractivity (Wildman–Crippen MR) is 90.1 cm³/mol. The van der Waals surface area contributed by atoms with Gasteiger partial charge in [-0.25, -0.2) is 0 Å². The highest BCUT2D eigenvalue weighted by Crippen LogP contribution is 2.32. The Bertz CT molecular complexity index is 835. The zero-order chi connectivity index (χ0) is 16.2. The van der Waals surface area contributed by atoms with Crippen LogP contribution in [0.1, 0.15) is 5.56 Å². The van der Waals surface area contributed by atoms with E-state index in [1.807, 2.05) is 31.2 Å². The van der Waals surface area contributed by atoms with Gasteiger partial charge in [0.15, 0.2) is 0 Å². The number of pyridine rings is 1. The van der Waals surface area contributed by atoms with E-state index in [0.717, 1.165) is 22.5 Å². The Labute approximate surface area is 134 Å². The van der Waals surface area contributed by atoms with E-state index < -0.39 is 0 Å². The largest absolute Gasteiger partial charge is 0.495 e. The van der Waals surface area contributed by atoms with Crippen LogP contribution in [0.5, 0.6) is 5.75 Å². The van der Waals surface area contributed by atoms with E-state index in [4.69, 9.17) is 10.5 Å². The summed E-state index contributed by atoms with van der Waals surface area (Å²) < 4.78 is 5.19. The summed E-state index contributed by atoms with van der Waals surface area (Å²) in [5.74, 6) is 1.05. The van der Waals surface area contributed by atoms with Crippen LogP contribution in [0.2, 0.25) is 0 Å². The van der Waals surface area contributed by atoms with Gasteiger partial charge in [-0.2, -0.15) is 0 Å². The number of aromatic nitrogens is 3. The Balaban J connectivity index is 1.92. The molecule has 0 bridgehead atoms. The van der Waals surface area contributed by atoms with Crippen molar-refractivity contribution < 1.29 is 4.74 Å². The summed E-state index contributed by atoms with van der Waals surface area (Å²) in [4.78, 5) is 12.8. The van der Waals surface area contributed by atoms with Gasteiger partial charge in [0.05, 0.1) is 13.3 Å². The summed E-state index contributed by atoms with van der Waals surface area (Å²) in [6, 6.07) is 9.24. The Hall–Kier alpha value is -3.15. The van der Waals surface area contributed by atoms with Crippen molar-refractivity contribution in [3.05, 3.63) is 59.8 Å². The summed E-state index contributed by atoms with van der Waals surface area (Å²) >= 11 is 0. The van der Waals surface area contributed by atoms with Crippen molar-refractivity contribution in [2.24, 2.45) is 0 Å². The molecule has 2 N–H and O–H groups in total. The van der Waals surface area contributed by atoms with Crippen molar-refractivity contribution in [3.8, 4) is 17.0 Å². The van der Waals surface area contributed by atoms with Crippen molar-refractivity contribution in [3.63, 3.8) is 0 Å². The molecule has 0 saturated heterocycles. The molecule has 0 aliphatic heterocycles. The Morgan fingerprint density at radius 1 is 1.13 bits per heavy atom. The Morgan fingerprint density at radius 3 is 2.83 bits per heavy atom. The predicted octanol–water partition coefficient (Wildman–Crippen LogP) is 3.77. The third-order valence-electron chi connectivity index (χ3n) is 3.34. The zero-order valence-electron chi connectivity index (χ0n) is 12.9. The number of aryl methyl sites for hydroxylation is 1. The number of hydrogen-bond donors (Lipinski definition) is 1. The highest BCUT2D eigenvalue weighted by molar-refractivity contribution is 5.70. The number of rotatable bonds is 4. The van der Waals surface area contributed by atoms with Crippen molar-refractivity contribution >= 4 is 17.3 Å². The molecule has 116 valence electrons. The van der Waals surface area contributed by atoms with Crippen LogP contribution in [-0.2, 0) is 0 Å². The number of hydrogen-bond acceptors (Lipinski definition) is 5. The molecule has 6 nitrogen and oxygen atoms in total. The first-order chi connectivity index (χ1) is 11.2. The molecule has 0 amide bonds. The highest BCUT2D eigenvalue weighted by atomic mass is 16.5. The second-order valence-electron chi connectivity index (χ2n) is 5.01. The van der Waals surface area contributed by atoms with Crippen LogP contribution < -0.4 is 10.5 Å². The van der Waals surface area contributed by atoms with Crippen molar-refractivity contribution in [1.29, 1.82) is 0 Å². The van der Waals surface area contributed by atoms with Crippen LogP contribution >= 0.6 is 0 Å². The number of ether oxygens (including phenoxy) is 1. The lowest BCUT2D eigenvalue weighted by Gasteiger charge is -2.17. The maximum atomic E-state index is 5.81. The molecule has 0 radical (unpaired) electrons. The average Bonchev–Trinajstić information content (AvgIpc) is 2.58. The normalized spacial score (nSPS) is 10.3. The van der Waals surface area contributed by atoms with Gasteiger partial charge in [0.25, 0.3) is 0 Å². The SMILES string of the molecule is COc1cncc(-c2ccnc([N-]c3cc(N)ccc3C)n2)c1. The lowest BCUT2D eigenvalue weighted by atomic mass is 10.2. The highest BCUT2D eigenvalue weighted by Gasteiger charge is 2.01. The van der Waals surface area contributed by atoms with Crippen LogP contribution in [0, 0.1) is 6.92 Å². The van der Waals surface area contributed by atoms with Crippen molar-refractivity contribution in [2.75, 3.05) is 12.8 Å². The van der Waals surface area contributed by atoms with E-state index in [9.17, 15) is 0 Å². The maximum Gasteiger partial charge on any atom is 0.137 e. The maximum absolute atomic E-state index is 5.81. The van der Waals surface area contributed by atoms with E-state index in [0.29, 0.717) is 17.4 Å². The molecule has 23 heavy (non-hydrogen) atoms. The van der Waals surface area contributed by atoms with Gasteiger partial charge >= 0.3 is 0 Å². The molecule has 6 heteroatoms. The van der Waals surface area contributed by atoms with Crippen LogP contribution in [0.25, 0.3) is 16.6 Å². The van der Waals surface area contributed by atoms with Gasteiger partial charge in [-0.3, -0.25) is 4.98 Å². The van der Waals surface area contributed by atoms with Crippen LogP contribution in [0.15, 0.2) is 48.9 Å². The van der Waals surface area contributed by atoms with E-state index in [1.165, 1.54) is 0 Å². The van der Waals surface area contributed by atoms with Gasteiger partial charge in [-0.05, 0) is 48.6 Å². The summed E-state index contributed by atoms with van der Waals surface area (Å²) in [5.41, 5.74) is 9.80. The summed E-state index contributed by atoms with van der Waals surface area (Å²) in [7, 11) is 1.60. The topological polar surface area (TPSA) is 88.0 Å². The number of anilines is 1. The molecule has 0 atom stereocenters. The second kappa shape index (κ2) is 6.31. The molecule has 0 aliphatic carbocycles. The molecule has 3 aromatic rings. The van der Waals surface area contributed by atoms with Gasteiger partial charge < -0.3 is 25.8 Å². The molecule has 3 rings (SSSR count). The first-order valence-corrected chi connectivity index (χ1v) is 7.06. The van der Waals surface area contributed by atoms with E-state index in [2.05, 4.69) is 20.3 Å². The molecule has 0 spiro atoms. The van der Waals surface area contributed by atoms with Crippen LogP contribution in [0.3, 0.4) is 0 Å². The van der Waals surface area contributed by atoms with Gasteiger partial charge in [-0.1, -0.05) is 6.07 Å². The fraction of sp³-hybridized carbons (Fsp3) is 0.118. The fourth-order valence-electron chi connectivity index (χ4n) is 2.09. The number of nitrogens with zero attached hydrogens (tertiary/aromatic N) is 4. The van der Waals surface area contributed by atoms with E-state index in [-0.39, 0.29) is 0 Å². The molecule has 2 aromatic heterocycles. The van der Waals surface area contributed by atoms with E-state index in [1.54, 1.807) is 31.8 Å². The third kappa shape index (κ3) is 3.37. The Morgan fingerprint density at radius 2 is 2.00 bits per heavy atom. The molecule has 1 aromatic carbocycles. The molecule has 0 fully saturated rings. The third-order valence-corrected chi connectivity index (χ3v) is 3.34. The minimum atomic E-state index is 0.374. The number of nitrogens with two attached hydrogens (primary N) is 1. The molecule has 0 unspecified atom stereocenters. The van der Waals surface area contributed by atoms with Crippen LogP contribution in [0.4, 0.5) is 17.3 Å². The fourth-order valence-corrected chi connectivity index (χ4v) is 2.09. The molecular weight excluding hydrogens is 290 g/mol.